The van der Waals surface area contributed by atoms with E-state index >= 15 is 0 Å². The highest BCUT2D eigenvalue weighted by molar-refractivity contribution is 7.99. The van der Waals surface area contributed by atoms with Crippen LogP contribution in [0.5, 0.6) is 0 Å². The van der Waals surface area contributed by atoms with Crippen molar-refractivity contribution in [3.63, 3.8) is 0 Å². The van der Waals surface area contributed by atoms with Crippen molar-refractivity contribution in [2.45, 2.75) is 45.7 Å². The minimum absolute atomic E-state index is 0.0559. The zero-order valence-electron chi connectivity index (χ0n) is 10.7. The number of carboxylic acid groups (broad SMARTS) is 1. The molecule has 0 aliphatic heterocycles. The quantitative estimate of drug-likeness (QED) is 0.582. The predicted molar refractivity (Wildman–Crippen MR) is 70.5 cm³/mol. The van der Waals surface area contributed by atoms with Crippen molar-refractivity contribution in [1.29, 1.82) is 0 Å². The lowest BCUT2D eigenvalue weighted by molar-refractivity contribution is -0.139. The summed E-state index contributed by atoms with van der Waals surface area (Å²) < 4.78 is 0. The summed E-state index contributed by atoms with van der Waals surface area (Å²) in [6.45, 7) is 5.73. The predicted octanol–water partition coefficient (Wildman–Crippen LogP) is 1.68. The van der Waals surface area contributed by atoms with Crippen LogP contribution in [0, 0.1) is 0 Å². The lowest BCUT2D eigenvalue weighted by atomic mass is 10.2. The van der Waals surface area contributed by atoms with Gasteiger partial charge in [0.2, 0.25) is 0 Å². The maximum atomic E-state index is 11.5. The first kappa shape index (κ1) is 16.1. The third-order valence-corrected chi connectivity index (χ3v) is 3.22. The van der Waals surface area contributed by atoms with Crippen molar-refractivity contribution in [1.82, 2.24) is 10.6 Å². The second-order valence-corrected chi connectivity index (χ2v) is 5.20. The summed E-state index contributed by atoms with van der Waals surface area (Å²) in [7, 11) is 0. The van der Waals surface area contributed by atoms with Gasteiger partial charge in [-0.15, -0.1) is 0 Å². The van der Waals surface area contributed by atoms with Gasteiger partial charge in [-0.2, -0.15) is 11.8 Å². The number of nitrogens with one attached hydrogen (secondary N) is 2. The van der Waals surface area contributed by atoms with Gasteiger partial charge < -0.3 is 15.7 Å². The van der Waals surface area contributed by atoms with E-state index in [-0.39, 0.29) is 6.04 Å². The Labute approximate surface area is 107 Å². The summed E-state index contributed by atoms with van der Waals surface area (Å²) in [4.78, 5) is 22.2. The van der Waals surface area contributed by atoms with E-state index in [1.54, 1.807) is 6.92 Å². The van der Waals surface area contributed by atoms with E-state index < -0.39 is 18.0 Å². The molecule has 1 unspecified atom stereocenters. The molecule has 0 aliphatic carbocycles. The molecule has 0 spiro atoms. The van der Waals surface area contributed by atoms with Gasteiger partial charge in [-0.3, -0.25) is 0 Å². The van der Waals surface area contributed by atoms with Crippen LogP contribution in [-0.4, -0.2) is 40.7 Å². The first-order chi connectivity index (χ1) is 8.01. The van der Waals surface area contributed by atoms with Crippen LogP contribution in [0.1, 0.15) is 33.6 Å². The zero-order chi connectivity index (χ0) is 13.3. The molecule has 5 nitrogen and oxygen atoms in total. The Hall–Kier alpha value is -0.910. The Morgan fingerprint density at radius 3 is 2.41 bits per heavy atom. The van der Waals surface area contributed by atoms with Gasteiger partial charge in [-0.25, -0.2) is 9.59 Å². The van der Waals surface area contributed by atoms with Crippen molar-refractivity contribution in [3.8, 4) is 0 Å². The molecule has 0 aliphatic rings. The van der Waals surface area contributed by atoms with Crippen molar-refractivity contribution >= 4 is 23.8 Å². The van der Waals surface area contributed by atoms with Crippen molar-refractivity contribution < 1.29 is 14.7 Å². The maximum Gasteiger partial charge on any atom is 0.326 e. The highest BCUT2D eigenvalue weighted by atomic mass is 32.2. The van der Waals surface area contributed by atoms with E-state index in [9.17, 15) is 9.59 Å². The summed E-state index contributed by atoms with van der Waals surface area (Å²) >= 11 is 1.82. The number of hydrogen-bond acceptors (Lipinski definition) is 3. The second-order valence-electron chi connectivity index (χ2n) is 3.80. The van der Waals surface area contributed by atoms with E-state index in [4.69, 9.17) is 5.11 Å². The summed E-state index contributed by atoms with van der Waals surface area (Å²) in [5.41, 5.74) is 0. The Bertz CT molecular complexity index is 249. The highest BCUT2D eigenvalue weighted by Crippen LogP contribution is 2.03. The van der Waals surface area contributed by atoms with Crippen LogP contribution in [0.25, 0.3) is 0 Å². The van der Waals surface area contributed by atoms with Gasteiger partial charge in [0.25, 0.3) is 0 Å². The summed E-state index contributed by atoms with van der Waals surface area (Å²) in [6.07, 6.45) is 1.26. The van der Waals surface area contributed by atoms with Gasteiger partial charge in [0, 0.05) is 6.04 Å². The molecule has 6 heteroatoms. The maximum absolute atomic E-state index is 11.5. The SMILES string of the molecule is CCSCCC(C)NC(=O)N[C@@H](CC)C(=O)O. The van der Waals surface area contributed by atoms with Crippen LogP contribution in [0.15, 0.2) is 0 Å². The second kappa shape index (κ2) is 9.15. The minimum Gasteiger partial charge on any atom is -0.480 e. The molecule has 2 atom stereocenters. The van der Waals surface area contributed by atoms with E-state index in [1.165, 1.54) is 0 Å². The molecule has 3 N–H and O–H groups in total. The summed E-state index contributed by atoms with van der Waals surface area (Å²) in [6, 6.07) is -1.17. The standard InChI is InChI=1S/C11H22N2O3S/c1-4-9(10(14)15)13-11(16)12-8(3)6-7-17-5-2/h8-9H,4-7H2,1-3H3,(H,14,15)(H2,12,13,16)/t8?,9-/m0/s1. The molecular weight excluding hydrogens is 240 g/mol. The number of hydrogen-bond donors (Lipinski definition) is 3. The fourth-order valence-electron chi connectivity index (χ4n) is 1.24. The van der Waals surface area contributed by atoms with Crippen LogP contribution in [-0.2, 0) is 4.79 Å². The van der Waals surface area contributed by atoms with E-state index in [2.05, 4.69) is 17.6 Å². The average molecular weight is 262 g/mol. The van der Waals surface area contributed by atoms with Gasteiger partial charge in [0.15, 0.2) is 0 Å². The lowest BCUT2D eigenvalue weighted by Crippen LogP contribution is -2.48. The number of aliphatic carboxylic acids is 1. The van der Waals surface area contributed by atoms with E-state index in [0.717, 1.165) is 17.9 Å². The van der Waals surface area contributed by atoms with Crippen LogP contribution in [0.4, 0.5) is 4.79 Å². The van der Waals surface area contributed by atoms with Gasteiger partial charge >= 0.3 is 12.0 Å². The normalized spacial score (nSPS) is 13.8. The molecule has 100 valence electrons. The molecule has 0 aromatic heterocycles. The molecule has 0 heterocycles. The number of thioether (sulfide) groups is 1. The molecule has 0 bridgehead atoms. The Kier molecular flexibility index (Phi) is 8.66. The number of carboxylic acids is 1. The zero-order valence-corrected chi connectivity index (χ0v) is 11.5. The molecule has 17 heavy (non-hydrogen) atoms. The Balaban J connectivity index is 3.87. The number of urea groups is 1. The fourth-order valence-corrected chi connectivity index (χ4v) is 2.05. The van der Waals surface area contributed by atoms with Crippen LogP contribution in [0.3, 0.4) is 0 Å². The van der Waals surface area contributed by atoms with Crippen molar-refractivity contribution in [3.05, 3.63) is 0 Å². The monoisotopic (exact) mass is 262 g/mol. The number of rotatable bonds is 8. The molecule has 0 fully saturated rings. The third kappa shape index (κ3) is 7.90. The molecule has 0 saturated heterocycles. The van der Waals surface area contributed by atoms with Crippen LogP contribution < -0.4 is 10.6 Å². The summed E-state index contributed by atoms with van der Waals surface area (Å²) in [5, 5.41) is 13.9. The Morgan fingerprint density at radius 1 is 1.29 bits per heavy atom. The number of carbonyl (C=O) groups is 2. The Morgan fingerprint density at radius 2 is 1.94 bits per heavy atom. The molecule has 2 amide bonds. The smallest absolute Gasteiger partial charge is 0.326 e. The first-order valence-corrected chi connectivity index (χ1v) is 7.04. The number of carbonyl (C=O) groups excluding carboxylic acids is 1. The van der Waals surface area contributed by atoms with Gasteiger partial charge in [-0.1, -0.05) is 13.8 Å². The highest BCUT2D eigenvalue weighted by Gasteiger charge is 2.18. The third-order valence-electron chi connectivity index (χ3n) is 2.29. The number of amides is 2. The molecule has 0 aromatic carbocycles. The largest absolute Gasteiger partial charge is 0.480 e. The van der Waals surface area contributed by atoms with Crippen molar-refractivity contribution in [2.24, 2.45) is 0 Å². The van der Waals surface area contributed by atoms with Gasteiger partial charge in [-0.05, 0) is 31.3 Å². The summed E-state index contributed by atoms with van der Waals surface area (Å²) in [5.74, 6) is 1.06. The van der Waals surface area contributed by atoms with Crippen molar-refractivity contribution in [2.75, 3.05) is 11.5 Å². The molecular formula is C11H22N2O3S. The molecule has 0 saturated carbocycles. The minimum atomic E-state index is -1.00. The van der Waals surface area contributed by atoms with E-state index in [0.29, 0.717) is 6.42 Å². The van der Waals surface area contributed by atoms with Gasteiger partial charge in [0.05, 0.1) is 0 Å². The first-order valence-electron chi connectivity index (χ1n) is 5.88. The molecule has 0 rings (SSSR count). The fraction of sp³-hybridized carbons (Fsp3) is 0.818. The van der Waals surface area contributed by atoms with Crippen LogP contribution >= 0.6 is 11.8 Å². The molecule has 0 radical (unpaired) electrons. The van der Waals surface area contributed by atoms with Gasteiger partial charge in [0.1, 0.15) is 6.04 Å². The van der Waals surface area contributed by atoms with Crippen LogP contribution in [0.2, 0.25) is 0 Å². The lowest BCUT2D eigenvalue weighted by Gasteiger charge is -2.17. The topological polar surface area (TPSA) is 78.4 Å². The van der Waals surface area contributed by atoms with E-state index in [1.807, 2.05) is 18.7 Å². The molecule has 0 aromatic rings. The average Bonchev–Trinajstić information content (AvgIpc) is 2.25.